The molecule has 0 spiro atoms. The van der Waals surface area contributed by atoms with Gasteiger partial charge >= 0.3 is 6.03 Å². The highest BCUT2D eigenvalue weighted by Gasteiger charge is 2.10. The fraction of sp³-hybridized carbons (Fsp3) is 0.143. The monoisotopic (exact) mass is 275 g/mol. The lowest BCUT2D eigenvalue weighted by atomic mass is 10.0. The molecule has 0 radical (unpaired) electrons. The number of carbonyl (C=O) groups excluding carboxylic acids is 1. The first-order chi connectivity index (χ1) is 9.51. The quantitative estimate of drug-likeness (QED) is 0.904. The summed E-state index contributed by atoms with van der Waals surface area (Å²) in [7, 11) is 1.53. The molecule has 3 N–H and O–H groups in total. The molecule has 0 atom stereocenters. The summed E-state index contributed by atoms with van der Waals surface area (Å²) in [4.78, 5) is 15.0. The Bertz CT molecular complexity index is 642. The molecule has 20 heavy (non-hydrogen) atoms. The van der Waals surface area contributed by atoms with Crippen molar-refractivity contribution in [3.63, 3.8) is 0 Å². The molecular formula is C14H14FN3O2. The molecule has 1 aromatic carbocycles. The van der Waals surface area contributed by atoms with Crippen molar-refractivity contribution >= 4 is 11.7 Å². The second-order valence-electron chi connectivity index (χ2n) is 4.23. The molecule has 6 heteroatoms. The van der Waals surface area contributed by atoms with E-state index in [4.69, 9.17) is 10.5 Å². The highest BCUT2D eigenvalue weighted by Crippen LogP contribution is 2.29. The minimum atomic E-state index is -0.813. The first-order valence-electron chi connectivity index (χ1n) is 5.88. The average molecular weight is 275 g/mol. The Balaban J connectivity index is 2.46. The number of hydrogen-bond acceptors (Lipinski definition) is 3. The molecule has 1 aromatic heterocycles. The Kier molecular flexibility index (Phi) is 3.84. The minimum Gasteiger partial charge on any atom is -0.481 e. The van der Waals surface area contributed by atoms with Crippen LogP contribution >= 0.6 is 0 Å². The van der Waals surface area contributed by atoms with Crippen LogP contribution in [0.15, 0.2) is 30.5 Å². The number of pyridine rings is 1. The zero-order valence-corrected chi connectivity index (χ0v) is 11.1. The van der Waals surface area contributed by atoms with Gasteiger partial charge in [0.25, 0.3) is 0 Å². The molecule has 5 nitrogen and oxygen atoms in total. The number of primary amides is 1. The minimum absolute atomic E-state index is 0.0360. The molecule has 1 heterocycles. The number of nitrogens with two attached hydrogens (primary N) is 1. The van der Waals surface area contributed by atoms with Gasteiger partial charge in [-0.15, -0.1) is 0 Å². The van der Waals surface area contributed by atoms with Crippen molar-refractivity contribution in [3.8, 4) is 17.0 Å². The van der Waals surface area contributed by atoms with Crippen LogP contribution in [0.2, 0.25) is 0 Å². The largest absolute Gasteiger partial charge is 0.481 e. The molecule has 0 bridgehead atoms. The Morgan fingerprint density at radius 1 is 1.40 bits per heavy atom. The number of halogens is 1. The number of amides is 2. The number of aromatic nitrogens is 1. The molecular weight excluding hydrogens is 261 g/mol. The molecule has 0 saturated heterocycles. The summed E-state index contributed by atoms with van der Waals surface area (Å²) in [6.07, 6.45) is 1.62. The Morgan fingerprint density at radius 2 is 2.15 bits per heavy atom. The van der Waals surface area contributed by atoms with Crippen molar-refractivity contribution in [2.24, 2.45) is 5.73 Å². The number of nitrogens with zero attached hydrogens (tertiary/aromatic N) is 1. The van der Waals surface area contributed by atoms with Gasteiger partial charge in [0.1, 0.15) is 5.82 Å². The van der Waals surface area contributed by atoms with Crippen LogP contribution in [0, 0.1) is 12.7 Å². The Morgan fingerprint density at radius 3 is 2.70 bits per heavy atom. The number of nitrogens with one attached hydrogen (secondary N) is 1. The summed E-state index contributed by atoms with van der Waals surface area (Å²) < 4.78 is 18.7. The van der Waals surface area contributed by atoms with Crippen molar-refractivity contribution in [1.82, 2.24) is 4.98 Å². The first kappa shape index (κ1) is 13.8. The molecule has 0 aliphatic rings. The molecule has 2 amide bonds. The highest BCUT2D eigenvalue weighted by atomic mass is 19.1. The summed E-state index contributed by atoms with van der Waals surface area (Å²) in [5.74, 6) is -0.0458. The van der Waals surface area contributed by atoms with E-state index in [2.05, 4.69) is 10.3 Å². The fourth-order valence-electron chi connectivity index (χ4n) is 1.87. The van der Waals surface area contributed by atoms with Crippen LogP contribution in [0.4, 0.5) is 14.9 Å². The topological polar surface area (TPSA) is 77.2 Å². The van der Waals surface area contributed by atoms with Gasteiger partial charge in [0.05, 0.1) is 12.8 Å². The van der Waals surface area contributed by atoms with Crippen molar-refractivity contribution in [2.45, 2.75) is 6.92 Å². The van der Waals surface area contributed by atoms with E-state index in [9.17, 15) is 9.18 Å². The number of carbonyl (C=O) groups is 1. The number of methoxy groups -OCH3 is 1. The molecule has 0 aliphatic heterocycles. The van der Waals surface area contributed by atoms with Gasteiger partial charge < -0.3 is 15.8 Å². The maximum absolute atomic E-state index is 13.7. The summed E-state index contributed by atoms with van der Waals surface area (Å²) in [6.45, 7) is 1.77. The van der Waals surface area contributed by atoms with Gasteiger partial charge in [0.2, 0.25) is 5.88 Å². The molecule has 0 fully saturated rings. The van der Waals surface area contributed by atoms with Crippen LogP contribution in [0.1, 0.15) is 5.56 Å². The average Bonchev–Trinajstić information content (AvgIpc) is 2.41. The van der Waals surface area contributed by atoms with E-state index < -0.39 is 11.8 Å². The smallest absolute Gasteiger partial charge is 0.316 e. The van der Waals surface area contributed by atoms with Crippen LogP contribution in [-0.2, 0) is 0 Å². The lowest BCUT2D eigenvalue weighted by Gasteiger charge is -2.11. The van der Waals surface area contributed by atoms with Crippen LogP contribution < -0.4 is 15.8 Å². The normalized spacial score (nSPS) is 10.2. The third-order valence-electron chi connectivity index (χ3n) is 2.83. The maximum atomic E-state index is 13.7. The summed E-state index contributed by atoms with van der Waals surface area (Å²) in [5, 5.41) is 2.25. The van der Waals surface area contributed by atoms with Gasteiger partial charge in [-0.1, -0.05) is 0 Å². The van der Waals surface area contributed by atoms with E-state index in [0.29, 0.717) is 5.88 Å². The number of ether oxygens (including phenoxy) is 1. The van der Waals surface area contributed by atoms with Gasteiger partial charge in [-0.05, 0) is 36.2 Å². The van der Waals surface area contributed by atoms with Crippen molar-refractivity contribution in [1.29, 1.82) is 0 Å². The molecule has 2 aromatic rings. The Labute approximate surface area is 115 Å². The predicted molar refractivity (Wildman–Crippen MR) is 74.1 cm³/mol. The van der Waals surface area contributed by atoms with Gasteiger partial charge in [-0.3, -0.25) is 0 Å². The first-order valence-corrected chi connectivity index (χ1v) is 5.88. The Hall–Kier alpha value is -2.63. The van der Waals surface area contributed by atoms with E-state index in [1.807, 2.05) is 0 Å². The summed E-state index contributed by atoms with van der Waals surface area (Å²) >= 11 is 0. The zero-order valence-electron chi connectivity index (χ0n) is 11.1. The number of benzene rings is 1. The molecule has 2 rings (SSSR count). The number of aryl methyl sites for hydroxylation is 1. The predicted octanol–water partition coefficient (Wildman–Crippen LogP) is 2.70. The van der Waals surface area contributed by atoms with Gasteiger partial charge in [-0.2, -0.15) is 0 Å². The van der Waals surface area contributed by atoms with Gasteiger partial charge in [0, 0.05) is 17.8 Å². The SMILES string of the molecule is COc1ccc(-c2cc(NC(N)=O)c(F)cc2C)cn1. The van der Waals surface area contributed by atoms with E-state index in [1.165, 1.54) is 19.2 Å². The lowest BCUT2D eigenvalue weighted by molar-refractivity contribution is 0.259. The number of rotatable bonds is 3. The maximum Gasteiger partial charge on any atom is 0.316 e. The second-order valence-corrected chi connectivity index (χ2v) is 4.23. The van der Waals surface area contributed by atoms with Gasteiger partial charge in [0.15, 0.2) is 0 Å². The van der Waals surface area contributed by atoms with Crippen LogP contribution in [0.3, 0.4) is 0 Å². The fourth-order valence-corrected chi connectivity index (χ4v) is 1.87. The van der Waals surface area contributed by atoms with Crippen molar-refractivity contribution in [3.05, 3.63) is 41.8 Å². The summed E-state index contributed by atoms with van der Waals surface area (Å²) in [5.41, 5.74) is 7.32. The standard InChI is InChI=1S/C14H14FN3O2/c1-8-5-11(15)12(18-14(16)19)6-10(8)9-3-4-13(20-2)17-7-9/h3-7H,1-2H3,(H3,16,18,19). The molecule has 0 aliphatic carbocycles. The van der Waals surface area contributed by atoms with E-state index >= 15 is 0 Å². The van der Waals surface area contributed by atoms with E-state index in [1.54, 1.807) is 25.3 Å². The van der Waals surface area contributed by atoms with E-state index in [0.717, 1.165) is 16.7 Å². The number of hydrogen-bond donors (Lipinski definition) is 2. The number of urea groups is 1. The zero-order chi connectivity index (χ0) is 14.7. The van der Waals surface area contributed by atoms with Crippen LogP contribution in [-0.4, -0.2) is 18.1 Å². The second kappa shape index (κ2) is 5.56. The number of anilines is 1. The molecule has 0 saturated carbocycles. The highest BCUT2D eigenvalue weighted by molar-refractivity contribution is 5.89. The molecule has 0 unspecified atom stereocenters. The third-order valence-corrected chi connectivity index (χ3v) is 2.83. The third kappa shape index (κ3) is 2.85. The van der Waals surface area contributed by atoms with E-state index in [-0.39, 0.29) is 5.69 Å². The lowest BCUT2D eigenvalue weighted by Crippen LogP contribution is -2.20. The van der Waals surface area contributed by atoms with Crippen molar-refractivity contribution in [2.75, 3.05) is 12.4 Å². The van der Waals surface area contributed by atoms with Crippen LogP contribution in [0.25, 0.3) is 11.1 Å². The van der Waals surface area contributed by atoms with Gasteiger partial charge in [-0.25, -0.2) is 14.2 Å². The molecule has 104 valence electrons. The van der Waals surface area contributed by atoms with Crippen LogP contribution in [0.5, 0.6) is 5.88 Å². The summed E-state index contributed by atoms with van der Waals surface area (Å²) in [6, 6.07) is 5.56. The van der Waals surface area contributed by atoms with Crippen molar-refractivity contribution < 1.29 is 13.9 Å².